The summed E-state index contributed by atoms with van der Waals surface area (Å²) in [5.41, 5.74) is 3.08. The van der Waals surface area contributed by atoms with E-state index in [2.05, 4.69) is 24.3 Å². The molecule has 4 rings (SSSR count). The second kappa shape index (κ2) is 4.85. The van der Waals surface area contributed by atoms with E-state index in [9.17, 15) is 9.50 Å². The van der Waals surface area contributed by atoms with E-state index < -0.39 is 6.10 Å². The average molecular weight is 284 g/mol. The summed E-state index contributed by atoms with van der Waals surface area (Å²) in [5, 5.41) is 10.2. The molecule has 2 aromatic carbocycles. The summed E-state index contributed by atoms with van der Waals surface area (Å²) < 4.78 is 19.2. The van der Waals surface area contributed by atoms with E-state index in [1.54, 1.807) is 6.07 Å². The lowest BCUT2D eigenvalue weighted by molar-refractivity contribution is 0.0654. The number of halogens is 1. The molecule has 1 fully saturated rings. The van der Waals surface area contributed by atoms with Gasteiger partial charge in [-0.1, -0.05) is 24.3 Å². The van der Waals surface area contributed by atoms with Crippen molar-refractivity contribution >= 4 is 0 Å². The Balaban J connectivity index is 1.61. The van der Waals surface area contributed by atoms with E-state index >= 15 is 0 Å². The lowest BCUT2D eigenvalue weighted by Gasteiger charge is -2.30. The van der Waals surface area contributed by atoms with E-state index in [1.807, 2.05) is 0 Å². The fourth-order valence-electron chi connectivity index (χ4n) is 3.02. The van der Waals surface area contributed by atoms with Crippen LogP contribution in [0.5, 0.6) is 5.75 Å². The van der Waals surface area contributed by atoms with Crippen LogP contribution in [0.25, 0.3) is 0 Å². The predicted molar refractivity (Wildman–Crippen MR) is 77.8 cm³/mol. The molecule has 2 aliphatic rings. The van der Waals surface area contributed by atoms with Crippen molar-refractivity contribution in [3.63, 3.8) is 0 Å². The van der Waals surface area contributed by atoms with Gasteiger partial charge in [-0.2, -0.15) is 0 Å². The zero-order chi connectivity index (χ0) is 14.4. The first kappa shape index (κ1) is 12.8. The second-order valence-electron chi connectivity index (χ2n) is 5.98. The minimum absolute atomic E-state index is 0.220. The van der Waals surface area contributed by atoms with Crippen molar-refractivity contribution in [2.75, 3.05) is 0 Å². The van der Waals surface area contributed by atoms with Gasteiger partial charge in [0.1, 0.15) is 17.7 Å². The van der Waals surface area contributed by atoms with E-state index in [1.165, 1.54) is 30.5 Å². The summed E-state index contributed by atoms with van der Waals surface area (Å²) in [7, 11) is 0. The van der Waals surface area contributed by atoms with E-state index in [-0.39, 0.29) is 11.9 Å². The molecule has 2 atom stereocenters. The molecule has 2 nitrogen and oxygen atoms in total. The Labute approximate surface area is 123 Å². The summed E-state index contributed by atoms with van der Waals surface area (Å²) in [6, 6.07) is 12.7. The standard InChI is InChI=1S/C18H17FO2/c19-14-7-8-15-16(20)10-17(21-18(15)9-14)13-5-3-12(4-6-13)11-1-2-11/h3-9,11,16-17,20H,1-2,10H2/t16-,17?/m0/s1. The van der Waals surface area contributed by atoms with Gasteiger partial charge in [0.2, 0.25) is 0 Å². The monoisotopic (exact) mass is 284 g/mol. The molecule has 1 aliphatic heterocycles. The maximum Gasteiger partial charge on any atom is 0.128 e. The van der Waals surface area contributed by atoms with E-state index in [0.717, 1.165) is 11.5 Å². The molecule has 21 heavy (non-hydrogen) atoms. The van der Waals surface area contributed by atoms with Gasteiger partial charge in [-0.15, -0.1) is 0 Å². The van der Waals surface area contributed by atoms with Gasteiger partial charge in [0, 0.05) is 18.1 Å². The van der Waals surface area contributed by atoms with Crippen LogP contribution >= 0.6 is 0 Å². The molecule has 1 saturated carbocycles. The molecule has 108 valence electrons. The Kier molecular flexibility index (Phi) is 2.96. The highest BCUT2D eigenvalue weighted by Crippen LogP contribution is 2.43. The molecule has 3 heteroatoms. The number of fused-ring (bicyclic) bond motifs is 1. The smallest absolute Gasteiger partial charge is 0.128 e. The maximum atomic E-state index is 13.3. The van der Waals surface area contributed by atoms with Crippen LogP contribution in [0.2, 0.25) is 0 Å². The van der Waals surface area contributed by atoms with Crippen LogP contribution in [0.1, 0.15) is 54.1 Å². The van der Waals surface area contributed by atoms with Crippen LogP contribution in [0.3, 0.4) is 0 Å². The number of aliphatic hydroxyl groups is 1. The molecule has 0 amide bonds. The lowest BCUT2D eigenvalue weighted by atomic mass is 9.94. The van der Waals surface area contributed by atoms with Crippen LogP contribution in [-0.4, -0.2) is 5.11 Å². The first-order valence-electron chi connectivity index (χ1n) is 7.45. The molecular formula is C18H17FO2. The topological polar surface area (TPSA) is 29.5 Å². The van der Waals surface area contributed by atoms with Crippen molar-refractivity contribution in [1.82, 2.24) is 0 Å². The fraction of sp³-hybridized carbons (Fsp3) is 0.333. The summed E-state index contributed by atoms with van der Waals surface area (Å²) in [6.07, 6.45) is 2.24. The number of aliphatic hydroxyl groups excluding tert-OH is 1. The molecule has 0 saturated heterocycles. The van der Waals surface area contributed by atoms with Gasteiger partial charge >= 0.3 is 0 Å². The summed E-state index contributed by atoms with van der Waals surface area (Å²) >= 11 is 0. The third kappa shape index (κ3) is 2.42. The number of ether oxygens (including phenoxy) is 1. The minimum atomic E-state index is -0.609. The molecule has 0 bridgehead atoms. The van der Waals surface area contributed by atoms with Crippen LogP contribution in [0.15, 0.2) is 42.5 Å². The van der Waals surface area contributed by atoms with Gasteiger partial charge in [0.05, 0.1) is 6.10 Å². The summed E-state index contributed by atoms with van der Waals surface area (Å²) in [6.45, 7) is 0. The van der Waals surface area contributed by atoms with Crippen molar-refractivity contribution in [2.45, 2.75) is 37.4 Å². The molecule has 1 aliphatic carbocycles. The van der Waals surface area contributed by atoms with Gasteiger partial charge in [-0.05, 0) is 42.0 Å². The van der Waals surface area contributed by atoms with Gasteiger partial charge in [-0.3, -0.25) is 0 Å². The molecular weight excluding hydrogens is 267 g/mol. The number of rotatable bonds is 2. The molecule has 0 spiro atoms. The Morgan fingerprint density at radius 3 is 2.43 bits per heavy atom. The van der Waals surface area contributed by atoms with Gasteiger partial charge in [0.15, 0.2) is 0 Å². The van der Waals surface area contributed by atoms with Crippen LogP contribution < -0.4 is 4.74 Å². The number of hydrogen-bond donors (Lipinski definition) is 1. The molecule has 2 aromatic rings. The molecule has 1 unspecified atom stereocenters. The Morgan fingerprint density at radius 2 is 1.71 bits per heavy atom. The van der Waals surface area contributed by atoms with Crippen molar-refractivity contribution < 1.29 is 14.2 Å². The average Bonchev–Trinajstić information content (AvgIpc) is 3.31. The zero-order valence-electron chi connectivity index (χ0n) is 11.6. The van der Waals surface area contributed by atoms with E-state index in [4.69, 9.17) is 4.74 Å². The summed E-state index contributed by atoms with van der Waals surface area (Å²) in [4.78, 5) is 0. The summed E-state index contributed by atoms with van der Waals surface area (Å²) in [5.74, 6) is 0.836. The van der Waals surface area contributed by atoms with Gasteiger partial charge in [-0.25, -0.2) is 4.39 Å². The van der Waals surface area contributed by atoms with E-state index in [0.29, 0.717) is 17.7 Å². The van der Waals surface area contributed by atoms with Crippen LogP contribution in [0, 0.1) is 5.82 Å². The molecule has 0 radical (unpaired) electrons. The predicted octanol–water partition coefficient (Wildman–Crippen LogP) is 4.26. The normalized spacial score (nSPS) is 24.3. The quantitative estimate of drug-likeness (QED) is 0.892. The second-order valence-corrected chi connectivity index (χ2v) is 5.98. The maximum absolute atomic E-state index is 13.3. The van der Waals surface area contributed by atoms with Crippen molar-refractivity contribution in [2.24, 2.45) is 0 Å². The first-order valence-corrected chi connectivity index (χ1v) is 7.45. The highest BCUT2D eigenvalue weighted by Gasteiger charge is 2.29. The lowest BCUT2D eigenvalue weighted by Crippen LogP contribution is -2.19. The van der Waals surface area contributed by atoms with Crippen LogP contribution in [-0.2, 0) is 0 Å². The number of hydrogen-bond acceptors (Lipinski definition) is 2. The third-order valence-electron chi connectivity index (χ3n) is 4.40. The van der Waals surface area contributed by atoms with Crippen molar-refractivity contribution in [3.8, 4) is 5.75 Å². The molecule has 1 heterocycles. The zero-order valence-corrected chi connectivity index (χ0v) is 11.6. The van der Waals surface area contributed by atoms with Crippen LogP contribution in [0.4, 0.5) is 4.39 Å². The largest absolute Gasteiger partial charge is 0.485 e. The highest BCUT2D eigenvalue weighted by molar-refractivity contribution is 5.39. The molecule has 0 aromatic heterocycles. The highest BCUT2D eigenvalue weighted by atomic mass is 19.1. The SMILES string of the molecule is O[C@H]1CC(c2ccc(C3CC3)cc2)Oc2cc(F)ccc21. The fourth-order valence-corrected chi connectivity index (χ4v) is 3.02. The first-order chi connectivity index (χ1) is 10.2. The number of benzene rings is 2. The third-order valence-corrected chi connectivity index (χ3v) is 4.40. The van der Waals surface area contributed by atoms with Crippen molar-refractivity contribution in [1.29, 1.82) is 0 Å². The Morgan fingerprint density at radius 1 is 1.00 bits per heavy atom. The minimum Gasteiger partial charge on any atom is -0.485 e. The molecule has 1 N–H and O–H groups in total. The van der Waals surface area contributed by atoms with Gasteiger partial charge in [0.25, 0.3) is 0 Å². The van der Waals surface area contributed by atoms with Gasteiger partial charge < -0.3 is 9.84 Å². The Bertz CT molecular complexity index is 661. The van der Waals surface area contributed by atoms with Crippen molar-refractivity contribution in [3.05, 3.63) is 65.0 Å². The Hall–Kier alpha value is -1.87.